The summed E-state index contributed by atoms with van der Waals surface area (Å²) >= 11 is 0. The number of rotatable bonds is 0. The van der Waals surface area contributed by atoms with Crippen molar-refractivity contribution in [1.29, 1.82) is 0 Å². The topological polar surface area (TPSA) is 0 Å². The van der Waals surface area contributed by atoms with Gasteiger partial charge in [0.25, 0.3) is 0 Å². The van der Waals surface area contributed by atoms with E-state index in [0.29, 0.717) is 0 Å². The van der Waals surface area contributed by atoms with E-state index in [1.807, 2.05) is 0 Å². The Morgan fingerprint density at radius 3 is 2.35 bits per heavy atom. The number of hydrogen-bond donors (Lipinski definition) is 0. The fourth-order valence-electron chi connectivity index (χ4n) is 3.13. The normalized spacial score (nSPS) is 19.4. The number of fused-ring (bicyclic) bond motifs is 4. The third kappa shape index (κ3) is 2.62. The van der Waals surface area contributed by atoms with Crippen molar-refractivity contribution < 1.29 is 0 Å². The number of hydrogen-bond acceptors (Lipinski definition) is 0. The van der Waals surface area contributed by atoms with Crippen molar-refractivity contribution in [2.75, 3.05) is 0 Å². The average Bonchev–Trinajstić information content (AvgIpc) is 2.37. The van der Waals surface area contributed by atoms with Gasteiger partial charge in [-0.15, -0.1) is 0 Å². The van der Waals surface area contributed by atoms with Gasteiger partial charge in [0.1, 0.15) is 0 Å². The monoisotopic (exact) mass is 310 g/mol. The van der Waals surface area contributed by atoms with Gasteiger partial charge >= 0.3 is 0 Å². The van der Waals surface area contributed by atoms with Gasteiger partial charge < -0.3 is 0 Å². The molecule has 0 spiro atoms. The molecule has 0 aromatic heterocycles. The molecule has 20 heavy (non-hydrogen) atoms. The molecule has 2 aromatic carbocycles. The minimum absolute atomic E-state index is 0.972. The Bertz CT molecular complexity index is 596. The molecular weight excluding hydrogens is 288 g/mol. The summed E-state index contributed by atoms with van der Waals surface area (Å²) in [5.41, 5.74) is 1.55. The van der Waals surface area contributed by atoms with E-state index in [4.69, 9.17) is 0 Å². The van der Waals surface area contributed by atoms with E-state index in [1.165, 1.54) is 6.04 Å². The molecule has 102 valence electrons. The maximum atomic E-state index is 2.55. The van der Waals surface area contributed by atoms with E-state index in [9.17, 15) is 0 Å². The van der Waals surface area contributed by atoms with Crippen LogP contribution in [0.3, 0.4) is 0 Å². The largest absolute Gasteiger partial charge is 0.0849 e. The van der Waals surface area contributed by atoms with E-state index in [2.05, 4.69) is 74.7 Å². The molecule has 0 unspecified atom stereocenters. The van der Waals surface area contributed by atoms with Gasteiger partial charge in [0.05, 0.1) is 24.7 Å². The Morgan fingerprint density at radius 2 is 1.55 bits per heavy atom. The van der Waals surface area contributed by atoms with Crippen LogP contribution in [0.1, 0.15) is 5.56 Å². The fraction of sp³-hybridized carbons (Fsp3) is 0.294. The molecule has 2 radical (unpaired) electrons. The van der Waals surface area contributed by atoms with E-state index >= 15 is 0 Å². The van der Waals surface area contributed by atoms with E-state index in [-0.39, 0.29) is 0 Å². The zero-order valence-corrected chi connectivity index (χ0v) is 15.8. The highest BCUT2D eigenvalue weighted by molar-refractivity contribution is 7.34. The summed E-state index contributed by atoms with van der Waals surface area (Å²) in [5, 5.41) is 4.84. The second kappa shape index (κ2) is 4.83. The van der Waals surface area contributed by atoms with Crippen molar-refractivity contribution >= 4 is 40.3 Å². The predicted molar refractivity (Wildman–Crippen MR) is 96.2 cm³/mol. The van der Waals surface area contributed by atoms with Crippen LogP contribution in [0.4, 0.5) is 0 Å². The highest BCUT2D eigenvalue weighted by Gasteiger charge is 2.30. The molecule has 3 heteroatoms. The van der Waals surface area contributed by atoms with Crippen LogP contribution < -0.4 is 15.6 Å². The molecule has 2 aromatic rings. The quantitative estimate of drug-likeness (QED) is 0.654. The molecule has 0 N–H and O–H groups in total. The van der Waals surface area contributed by atoms with Gasteiger partial charge in [0.2, 0.25) is 0 Å². The summed E-state index contributed by atoms with van der Waals surface area (Å²) in [6.07, 6.45) is 0. The predicted octanol–water partition coefficient (Wildman–Crippen LogP) is 2.14. The highest BCUT2D eigenvalue weighted by atomic mass is 29.2. The number of benzene rings is 2. The first-order valence-electron chi connectivity index (χ1n) is 7.35. The first-order valence-corrected chi connectivity index (χ1v) is 15.6. The molecule has 3 rings (SSSR count). The third-order valence-electron chi connectivity index (χ3n) is 4.40. The molecule has 1 heterocycles. The Morgan fingerprint density at radius 1 is 0.850 bits per heavy atom. The lowest BCUT2D eigenvalue weighted by atomic mass is 10.2. The van der Waals surface area contributed by atoms with E-state index < -0.39 is 15.7 Å². The molecule has 4 bridgehead atoms. The van der Waals surface area contributed by atoms with Gasteiger partial charge in [-0.05, 0) is 6.04 Å². The second-order valence-corrected chi connectivity index (χ2v) is 20.9. The van der Waals surface area contributed by atoms with E-state index in [1.54, 1.807) is 21.1 Å². The van der Waals surface area contributed by atoms with E-state index in [0.717, 1.165) is 9.04 Å². The first-order chi connectivity index (χ1) is 9.37. The second-order valence-electron chi connectivity index (χ2n) is 7.09. The maximum absolute atomic E-state index is 2.55. The minimum Gasteiger partial charge on any atom is -0.0675 e. The molecule has 0 aliphatic carbocycles. The van der Waals surface area contributed by atoms with Crippen molar-refractivity contribution in [2.24, 2.45) is 0 Å². The average molecular weight is 311 g/mol. The molecule has 1 aliphatic heterocycles. The van der Waals surface area contributed by atoms with Gasteiger partial charge in [0.15, 0.2) is 0 Å². The molecule has 0 atom stereocenters. The van der Waals surface area contributed by atoms with Gasteiger partial charge in [-0.2, -0.15) is 0 Å². The highest BCUT2D eigenvalue weighted by Crippen LogP contribution is 2.14. The Hall–Kier alpha value is -0.909. The minimum atomic E-state index is -1.38. The van der Waals surface area contributed by atoms with Crippen LogP contribution in [-0.2, 0) is 6.04 Å². The van der Waals surface area contributed by atoms with Crippen LogP contribution in [0, 0.1) is 0 Å². The smallest absolute Gasteiger partial charge is 0.0675 e. The van der Waals surface area contributed by atoms with Crippen LogP contribution in [0.25, 0.3) is 0 Å². The zero-order chi connectivity index (χ0) is 14.4. The van der Waals surface area contributed by atoms with Crippen LogP contribution in [0.15, 0.2) is 48.5 Å². The zero-order valence-electron chi connectivity index (χ0n) is 12.8. The molecule has 0 nitrogen and oxygen atoms in total. The van der Waals surface area contributed by atoms with Gasteiger partial charge in [-0.25, -0.2) is 0 Å². The molecular formula is C17H22Si3. The van der Waals surface area contributed by atoms with Crippen LogP contribution >= 0.6 is 0 Å². The van der Waals surface area contributed by atoms with Crippen molar-refractivity contribution in [3.63, 3.8) is 0 Å². The Balaban J connectivity index is 2.20. The SMILES string of the molecule is C[Si]1(C)Cc2cccc(c2)[Si][Si](C)(C)c2cccc1c2. The van der Waals surface area contributed by atoms with Crippen LogP contribution in [0.5, 0.6) is 0 Å². The summed E-state index contributed by atoms with van der Waals surface area (Å²) in [5.74, 6) is 0. The standard InChI is InChI=1S/C17H22Si3/c1-19(2)13-14-7-5-8-15(11-14)18-20(3,4)17-10-6-9-16(19)12-17/h5-12H,13H2,1-4H3. The van der Waals surface area contributed by atoms with Crippen molar-refractivity contribution in [3.05, 3.63) is 54.1 Å². The van der Waals surface area contributed by atoms with Gasteiger partial charge in [-0.1, -0.05) is 95.8 Å². The first kappa shape index (κ1) is 14.0. The van der Waals surface area contributed by atoms with Crippen molar-refractivity contribution in [1.82, 2.24) is 0 Å². The van der Waals surface area contributed by atoms with Crippen molar-refractivity contribution in [2.45, 2.75) is 32.2 Å². The summed E-state index contributed by atoms with van der Waals surface area (Å²) in [6.45, 7) is 10.1. The summed E-state index contributed by atoms with van der Waals surface area (Å²) in [7, 11) is -1.76. The molecule has 1 aliphatic rings. The summed E-state index contributed by atoms with van der Waals surface area (Å²) < 4.78 is 0. The van der Waals surface area contributed by atoms with Gasteiger partial charge in [-0.3, -0.25) is 0 Å². The Labute approximate surface area is 126 Å². The molecule has 0 fully saturated rings. The lowest BCUT2D eigenvalue weighted by Gasteiger charge is -2.29. The maximum Gasteiger partial charge on any atom is 0.0849 e. The summed E-state index contributed by atoms with van der Waals surface area (Å²) in [6, 6.07) is 20.3. The van der Waals surface area contributed by atoms with Crippen molar-refractivity contribution in [3.8, 4) is 0 Å². The lowest BCUT2D eigenvalue weighted by molar-refractivity contribution is 1.33. The fourth-order valence-corrected chi connectivity index (χ4v) is 11.7. The molecule has 0 saturated carbocycles. The lowest BCUT2D eigenvalue weighted by Crippen LogP contribution is -2.55. The van der Waals surface area contributed by atoms with Crippen LogP contribution in [-0.4, -0.2) is 24.7 Å². The van der Waals surface area contributed by atoms with Gasteiger partial charge in [0, 0.05) is 0 Å². The molecule has 0 amide bonds. The van der Waals surface area contributed by atoms with Crippen LogP contribution in [0.2, 0.25) is 26.2 Å². The molecule has 0 saturated heterocycles. The Kier molecular flexibility index (Phi) is 3.39. The summed E-state index contributed by atoms with van der Waals surface area (Å²) in [4.78, 5) is 0. The third-order valence-corrected chi connectivity index (χ3v) is 14.1.